The average Bonchev–Trinajstić information content (AvgIpc) is 2.94. The van der Waals surface area contributed by atoms with E-state index in [1.165, 1.54) is 6.07 Å². The van der Waals surface area contributed by atoms with Crippen LogP contribution in [0.1, 0.15) is 5.56 Å². The number of hydrogen-bond acceptors (Lipinski definition) is 5. The van der Waals surface area contributed by atoms with Crippen LogP contribution in [0.15, 0.2) is 126 Å². The largest absolute Gasteiger partial charge is 1.00 e. The van der Waals surface area contributed by atoms with Crippen molar-refractivity contribution >= 4 is 54.4 Å². The summed E-state index contributed by atoms with van der Waals surface area (Å²) >= 11 is 0. The van der Waals surface area contributed by atoms with Gasteiger partial charge in [0.1, 0.15) is 10.1 Å². The Labute approximate surface area is 276 Å². The maximum atomic E-state index is 12.4. The molecular formula is C33H25KN2O3S. The summed E-state index contributed by atoms with van der Waals surface area (Å²) in [5, 5.41) is 10.0. The van der Waals surface area contributed by atoms with E-state index in [4.69, 9.17) is 0 Å². The van der Waals surface area contributed by atoms with Crippen LogP contribution in [-0.4, -0.2) is 13.0 Å². The van der Waals surface area contributed by atoms with Crippen molar-refractivity contribution in [3.8, 4) is 11.1 Å². The van der Waals surface area contributed by atoms with Gasteiger partial charge in [-0.05, 0) is 76.9 Å². The van der Waals surface area contributed by atoms with Crippen LogP contribution in [0.5, 0.6) is 0 Å². The smallest absolute Gasteiger partial charge is 0.744 e. The molecule has 0 radical (unpaired) electrons. The van der Waals surface area contributed by atoms with E-state index in [-0.39, 0.29) is 56.3 Å². The molecule has 0 saturated heterocycles. The Balaban J connectivity index is 0.00000323. The van der Waals surface area contributed by atoms with Crippen molar-refractivity contribution in [1.29, 1.82) is 0 Å². The Hall–Kier alpha value is -3.01. The predicted octanol–water partition coefficient (Wildman–Crippen LogP) is 5.36. The minimum Gasteiger partial charge on any atom is -0.744 e. The third-order valence-corrected chi connectivity index (χ3v) is 7.80. The van der Waals surface area contributed by atoms with E-state index in [0.717, 1.165) is 44.5 Å². The molecule has 6 aromatic rings. The van der Waals surface area contributed by atoms with Gasteiger partial charge in [-0.3, -0.25) is 0 Å². The van der Waals surface area contributed by atoms with Crippen molar-refractivity contribution in [2.45, 2.75) is 11.8 Å². The van der Waals surface area contributed by atoms with Gasteiger partial charge >= 0.3 is 51.4 Å². The summed E-state index contributed by atoms with van der Waals surface area (Å²) in [4.78, 5) is -0.247. The van der Waals surface area contributed by atoms with Gasteiger partial charge in [-0.1, -0.05) is 78.9 Å². The Bertz CT molecular complexity index is 1940. The van der Waals surface area contributed by atoms with Crippen LogP contribution >= 0.6 is 0 Å². The Kier molecular flexibility index (Phi) is 8.44. The zero-order valence-corrected chi connectivity index (χ0v) is 26.1. The number of fused-ring (bicyclic) bond motifs is 2. The van der Waals surface area contributed by atoms with Gasteiger partial charge in [-0.2, -0.15) is 0 Å². The van der Waals surface area contributed by atoms with Crippen LogP contribution in [0.4, 0.5) is 22.7 Å². The molecule has 0 fully saturated rings. The molecule has 6 aromatic carbocycles. The van der Waals surface area contributed by atoms with E-state index in [9.17, 15) is 13.0 Å². The molecule has 0 aromatic heterocycles. The van der Waals surface area contributed by atoms with Gasteiger partial charge in [-0.15, -0.1) is 0 Å². The minimum absolute atomic E-state index is 0. The molecule has 0 unspecified atom stereocenters. The van der Waals surface area contributed by atoms with Gasteiger partial charge < -0.3 is 15.2 Å². The molecule has 7 heteroatoms. The van der Waals surface area contributed by atoms with E-state index in [0.29, 0.717) is 16.5 Å². The fourth-order valence-electron chi connectivity index (χ4n) is 5.20. The second-order valence-electron chi connectivity index (χ2n) is 9.43. The third-order valence-electron chi connectivity index (χ3n) is 6.92. The zero-order chi connectivity index (χ0) is 27.0. The maximum absolute atomic E-state index is 12.4. The van der Waals surface area contributed by atoms with Crippen LogP contribution in [0.25, 0.3) is 32.7 Å². The molecule has 2 N–H and O–H groups in total. The first kappa shape index (κ1) is 28.5. The second-order valence-corrected chi connectivity index (χ2v) is 10.8. The van der Waals surface area contributed by atoms with Crippen LogP contribution in [0.3, 0.4) is 0 Å². The van der Waals surface area contributed by atoms with Crippen molar-refractivity contribution in [3.05, 3.63) is 127 Å². The summed E-state index contributed by atoms with van der Waals surface area (Å²) in [5.41, 5.74) is 6.22. The first-order chi connectivity index (χ1) is 18.9. The topological polar surface area (TPSA) is 81.3 Å². The standard InChI is InChI=1S/C33H26N2O3S.K/c1-22-10-8-15-27-25(18-20-29(32(22)27)34-23-11-4-2-5-12-23)26-19-21-30(35-24-13-6-3-7-14-24)33-28(26)16-9-17-31(33)39(36,37)38;/h2-21,34-35H,1H3,(H,36,37,38);/q;+1/p-1. The summed E-state index contributed by atoms with van der Waals surface area (Å²) in [5.74, 6) is 0. The maximum Gasteiger partial charge on any atom is 1.00 e. The van der Waals surface area contributed by atoms with E-state index in [1.807, 2.05) is 97.1 Å². The monoisotopic (exact) mass is 568 g/mol. The van der Waals surface area contributed by atoms with Crippen LogP contribution in [-0.2, 0) is 10.1 Å². The second kappa shape index (κ2) is 11.8. The molecule has 0 saturated carbocycles. The van der Waals surface area contributed by atoms with E-state index in [2.05, 4.69) is 29.7 Å². The summed E-state index contributed by atoms with van der Waals surface area (Å²) in [6.07, 6.45) is 0. The van der Waals surface area contributed by atoms with Gasteiger partial charge in [0.05, 0.1) is 4.90 Å². The molecule has 40 heavy (non-hydrogen) atoms. The number of para-hydroxylation sites is 2. The van der Waals surface area contributed by atoms with Gasteiger partial charge in [0.25, 0.3) is 0 Å². The molecule has 0 aliphatic carbocycles. The first-order valence-electron chi connectivity index (χ1n) is 12.6. The van der Waals surface area contributed by atoms with E-state index in [1.54, 1.807) is 6.07 Å². The number of benzene rings is 6. The fourth-order valence-corrected chi connectivity index (χ4v) is 5.92. The molecule has 0 amide bonds. The van der Waals surface area contributed by atoms with Crippen molar-refractivity contribution in [2.75, 3.05) is 10.6 Å². The molecule has 6 rings (SSSR count). The Morgan fingerprint density at radius 2 is 1.02 bits per heavy atom. The fraction of sp³-hybridized carbons (Fsp3) is 0.0303. The minimum atomic E-state index is -4.73. The molecule has 0 heterocycles. The van der Waals surface area contributed by atoms with Gasteiger partial charge in [0.2, 0.25) is 0 Å². The Morgan fingerprint density at radius 1 is 0.550 bits per heavy atom. The van der Waals surface area contributed by atoms with Crippen LogP contribution in [0.2, 0.25) is 0 Å². The molecule has 192 valence electrons. The molecular weight excluding hydrogens is 544 g/mol. The molecule has 5 nitrogen and oxygen atoms in total. The van der Waals surface area contributed by atoms with Crippen molar-refractivity contribution in [3.63, 3.8) is 0 Å². The average molecular weight is 569 g/mol. The van der Waals surface area contributed by atoms with Crippen LogP contribution < -0.4 is 62.0 Å². The SMILES string of the molecule is Cc1cccc2c(-c3ccc(Nc4ccccc4)c4c(S(=O)(=O)[O-])cccc34)ccc(Nc3ccccc3)c12.[K+]. The van der Waals surface area contributed by atoms with Crippen molar-refractivity contribution in [2.24, 2.45) is 0 Å². The quantitative estimate of drug-likeness (QED) is 0.209. The number of nitrogens with one attached hydrogen (secondary N) is 2. The molecule has 0 bridgehead atoms. The first-order valence-corrected chi connectivity index (χ1v) is 14.0. The number of hydrogen-bond donors (Lipinski definition) is 2. The van der Waals surface area contributed by atoms with E-state index >= 15 is 0 Å². The summed E-state index contributed by atoms with van der Waals surface area (Å²) < 4.78 is 37.1. The molecule has 0 aliphatic heterocycles. The number of rotatable bonds is 6. The molecule has 0 atom stereocenters. The van der Waals surface area contributed by atoms with Gasteiger partial charge in [0, 0.05) is 33.5 Å². The molecule has 0 spiro atoms. The van der Waals surface area contributed by atoms with Crippen molar-refractivity contribution in [1.82, 2.24) is 0 Å². The summed E-state index contributed by atoms with van der Waals surface area (Å²) in [6, 6.07) is 38.4. The zero-order valence-electron chi connectivity index (χ0n) is 22.2. The van der Waals surface area contributed by atoms with Gasteiger partial charge in [-0.25, -0.2) is 8.42 Å². The van der Waals surface area contributed by atoms with Gasteiger partial charge in [0.15, 0.2) is 0 Å². The molecule has 0 aliphatic rings. The Morgan fingerprint density at radius 3 is 1.55 bits per heavy atom. The normalized spacial score (nSPS) is 11.2. The van der Waals surface area contributed by atoms with E-state index < -0.39 is 10.1 Å². The summed E-state index contributed by atoms with van der Waals surface area (Å²) in [7, 11) is -4.73. The number of aryl methyl sites for hydroxylation is 1. The third kappa shape index (κ3) is 5.60. The van der Waals surface area contributed by atoms with Crippen LogP contribution in [0, 0.1) is 6.92 Å². The summed E-state index contributed by atoms with van der Waals surface area (Å²) in [6.45, 7) is 2.08. The predicted molar refractivity (Wildman–Crippen MR) is 159 cm³/mol. The van der Waals surface area contributed by atoms with Crippen molar-refractivity contribution < 1.29 is 64.4 Å². The number of anilines is 4.